The topological polar surface area (TPSA) is 58.6 Å². The highest BCUT2D eigenvalue weighted by Crippen LogP contribution is 2.40. The Morgan fingerprint density at radius 2 is 2.06 bits per heavy atom. The molecule has 0 bridgehead atoms. The van der Waals surface area contributed by atoms with E-state index < -0.39 is 0 Å². The van der Waals surface area contributed by atoms with Crippen LogP contribution in [0.5, 0.6) is 5.75 Å². The normalized spacial score (nSPS) is 16.4. The number of rotatable bonds is 4. The van der Waals surface area contributed by atoms with Crippen molar-refractivity contribution in [3.63, 3.8) is 0 Å². The third kappa shape index (κ3) is 3.81. The molecule has 1 saturated heterocycles. The Balaban J connectivity index is 1.56. The van der Waals surface area contributed by atoms with E-state index in [1.54, 1.807) is 7.11 Å². The van der Waals surface area contributed by atoms with E-state index >= 15 is 0 Å². The van der Waals surface area contributed by atoms with Crippen molar-refractivity contribution in [1.82, 2.24) is 14.3 Å². The zero-order valence-corrected chi connectivity index (χ0v) is 20.0. The van der Waals surface area contributed by atoms with Gasteiger partial charge in [-0.2, -0.15) is 4.37 Å². The number of pyridine rings is 1. The first-order valence-corrected chi connectivity index (χ1v) is 11.9. The molecular formula is C25H23ClN4O2S. The number of piperazine rings is 1. The van der Waals surface area contributed by atoms with Gasteiger partial charge in [0.25, 0.3) is 0 Å². The van der Waals surface area contributed by atoms with Crippen LogP contribution in [0.3, 0.4) is 0 Å². The summed E-state index contributed by atoms with van der Waals surface area (Å²) in [6, 6.07) is 14.2. The number of amides is 1. The summed E-state index contributed by atoms with van der Waals surface area (Å²) in [6.07, 6.45) is 1.37. The standard InChI is InChI=1S/C25H23ClN4O2S/c1-4-22(31)29-9-10-30(15(2)14-29)25-20-13-21(26)23(27-24(20)28-33-25)19-12-17(32-3)11-16-7-5-6-8-18(16)19/h4-8,11-13,15H,1,9-10,14H2,2-3H3. The van der Waals surface area contributed by atoms with Crippen molar-refractivity contribution in [3.05, 3.63) is 60.1 Å². The molecule has 1 atom stereocenters. The average Bonchev–Trinajstić information content (AvgIpc) is 3.24. The Bertz CT molecular complexity index is 1390. The molecule has 1 aliphatic heterocycles. The highest BCUT2D eigenvalue weighted by molar-refractivity contribution is 7.11. The van der Waals surface area contributed by atoms with Crippen LogP contribution in [-0.4, -0.2) is 53.0 Å². The summed E-state index contributed by atoms with van der Waals surface area (Å²) in [5.74, 6) is 0.719. The maximum atomic E-state index is 12.0. The lowest BCUT2D eigenvalue weighted by atomic mass is 10.0. The molecule has 6 nitrogen and oxygen atoms in total. The fraction of sp³-hybridized carbons (Fsp3) is 0.240. The number of carbonyl (C=O) groups is 1. The Morgan fingerprint density at radius 3 is 2.82 bits per heavy atom. The van der Waals surface area contributed by atoms with Crippen LogP contribution in [0.1, 0.15) is 6.92 Å². The molecule has 1 aliphatic rings. The number of fused-ring (bicyclic) bond motifs is 2. The van der Waals surface area contributed by atoms with Crippen molar-refractivity contribution in [2.45, 2.75) is 13.0 Å². The van der Waals surface area contributed by atoms with Gasteiger partial charge in [0, 0.05) is 31.2 Å². The van der Waals surface area contributed by atoms with Crippen LogP contribution in [-0.2, 0) is 4.79 Å². The number of hydrogen-bond donors (Lipinski definition) is 0. The highest BCUT2D eigenvalue weighted by atomic mass is 35.5. The number of hydrogen-bond acceptors (Lipinski definition) is 6. The largest absolute Gasteiger partial charge is 0.497 e. The molecule has 168 valence electrons. The molecule has 0 aliphatic carbocycles. The van der Waals surface area contributed by atoms with Gasteiger partial charge in [0.2, 0.25) is 5.91 Å². The molecule has 5 rings (SSSR count). The summed E-state index contributed by atoms with van der Waals surface area (Å²) < 4.78 is 10.2. The van der Waals surface area contributed by atoms with Crippen molar-refractivity contribution in [2.75, 3.05) is 31.6 Å². The second-order valence-corrected chi connectivity index (χ2v) is 9.26. The van der Waals surface area contributed by atoms with E-state index in [0.717, 1.165) is 39.0 Å². The van der Waals surface area contributed by atoms with Crippen molar-refractivity contribution < 1.29 is 9.53 Å². The third-order valence-corrected chi connectivity index (χ3v) is 7.29. The second-order valence-electron chi connectivity index (χ2n) is 8.10. The van der Waals surface area contributed by atoms with Crippen LogP contribution in [0.4, 0.5) is 5.00 Å². The summed E-state index contributed by atoms with van der Waals surface area (Å²) >= 11 is 8.23. The number of carbonyl (C=O) groups excluding carboxylic acids is 1. The molecule has 4 aromatic rings. The Labute approximate surface area is 201 Å². The minimum Gasteiger partial charge on any atom is -0.497 e. The summed E-state index contributed by atoms with van der Waals surface area (Å²) in [5.41, 5.74) is 2.26. The molecule has 2 aromatic carbocycles. The molecule has 1 amide bonds. The van der Waals surface area contributed by atoms with E-state index in [9.17, 15) is 4.79 Å². The fourth-order valence-electron chi connectivity index (χ4n) is 4.42. The van der Waals surface area contributed by atoms with Crippen LogP contribution >= 0.6 is 23.1 Å². The van der Waals surface area contributed by atoms with E-state index in [1.165, 1.54) is 17.6 Å². The zero-order chi connectivity index (χ0) is 23.1. The van der Waals surface area contributed by atoms with E-state index in [2.05, 4.69) is 28.8 Å². The predicted molar refractivity (Wildman–Crippen MR) is 136 cm³/mol. The molecule has 0 spiro atoms. The number of benzene rings is 2. The lowest BCUT2D eigenvalue weighted by Crippen LogP contribution is -2.53. The summed E-state index contributed by atoms with van der Waals surface area (Å²) in [4.78, 5) is 21.0. The average molecular weight is 479 g/mol. The molecule has 1 unspecified atom stereocenters. The first-order valence-electron chi connectivity index (χ1n) is 10.7. The minimum atomic E-state index is -0.0319. The monoisotopic (exact) mass is 478 g/mol. The van der Waals surface area contributed by atoms with Gasteiger partial charge in [0.05, 0.1) is 23.2 Å². The molecule has 8 heteroatoms. The molecule has 33 heavy (non-hydrogen) atoms. The summed E-state index contributed by atoms with van der Waals surface area (Å²) in [6.45, 7) is 7.71. The van der Waals surface area contributed by atoms with Gasteiger partial charge < -0.3 is 14.5 Å². The van der Waals surface area contributed by atoms with Crippen molar-refractivity contribution in [3.8, 4) is 17.0 Å². The minimum absolute atomic E-state index is 0.0319. The molecule has 2 aromatic heterocycles. The number of aromatic nitrogens is 2. The number of ether oxygens (including phenoxy) is 1. The second kappa shape index (κ2) is 8.65. The van der Waals surface area contributed by atoms with E-state index in [-0.39, 0.29) is 11.9 Å². The van der Waals surface area contributed by atoms with Crippen LogP contribution in [0.25, 0.3) is 33.1 Å². The molecule has 1 fully saturated rings. The first kappa shape index (κ1) is 21.7. The van der Waals surface area contributed by atoms with Gasteiger partial charge in [0.15, 0.2) is 5.65 Å². The van der Waals surface area contributed by atoms with Crippen LogP contribution in [0.15, 0.2) is 55.1 Å². The van der Waals surface area contributed by atoms with Crippen molar-refractivity contribution in [2.24, 2.45) is 0 Å². The maximum Gasteiger partial charge on any atom is 0.246 e. The van der Waals surface area contributed by atoms with Gasteiger partial charge in [-0.05, 0) is 53.5 Å². The number of nitrogens with zero attached hydrogens (tertiary/aromatic N) is 4. The predicted octanol–water partition coefficient (Wildman–Crippen LogP) is 5.40. The molecule has 0 saturated carbocycles. The lowest BCUT2D eigenvalue weighted by molar-refractivity contribution is -0.126. The van der Waals surface area contributed by atoms with Crippen molar-refractivity contribution >= 4 is 55.8 Å². The van der Waals surface area contributed by atoms with E-state index in [0.29, 0.717) is 29.5 Å². The Morgan fingerprint density at radius 1 is 1.24 bits per heavy atom. The first-order chi connectivity index (χ1) is 16.0. The smallest absolute Gasteiger partial charge is 0.246 e. The zero-order valence-electron chi connectivity index (χ0n) is 18.4. The number of anilines is 1. The third-order valence-electron chi connectivity index (χ3n) is 6.11. The van der Waals surface area contributed by atoms with Gasteiger partial charge in [-0.1, -0.05) is 42.4 Å². The fourth-order valence-corrected chi connectivity index (χ4v) is 5.61. The van der Waals surface area contributed by atoms with E-state index in [1.807, 2.05) is 41.3 Å². The van der Waals surface area contributed by atoms with Gasteiger partial charge in [-0.15, -0.1) is 0 Å². The van der Waals surface area contributed by atoms with Gasteiger partial charge >= 0.3 is 0 Å². The maximum absolute atomic E-state index is 12.0. The highest BCUT2D eigenvalue weighted by Gasteiger charge is 2.28. The van der Waals surface area contributed by atoms with Crippen LogP contribution in [0, 0.1) is 0 Å². The van der Waals surface area contributed by atoms with E-state index in [4.69, 9.17) is 21.3 Å². The Hall–Kier alpha value is -3.16. The quantitative estimate of drug-likeness (QED) is 0.368. The molecular weight excluding hydrogens is 456 g/mol. The molecule has 0 radical (unpaired) electrons. The summed E-state index contributed by atoms with van der Waals surface area (Å²) in [5, 5.41) is 4.63. The lowest BCUT2D eigenvalue weighted by Gasteiger charge is -2.40. The summed E-state index contributed by atoms with van der Waals surface area (Å²) in [7, 11) is 1.66. The van der Waals surface area contributed by atoms with Gasteiger partial charge in [-0.25, -0.2) is 4.98 Å². The molecule has 3 heterocycles. The van der Waals surface area contributed by atoms with Crippen LogP contribution in [0.2, 0.25) is 5.02 Å². The van der Waals surface area contributed by atoms with Gasteiger partial charge in [0.1, 0.15) is 10.8 Å². The Kier molecular flexibility index (Phi) is 5.68. The number of halogens is 1. The SMILES string of the molecule is C=CC(=O)N1CCN(c2snc3nc(-c4cc(OC)cc5ccccc45)c(Cl)cc23)C(C)C1. The number of methoxy groups -OCH3 is 1. The van der Waals surface area contributed by atoms with Crippen molar-refractivity contribution in [1.29, 1.82) is 0 Å². The molecule has 0 N–H and O–H groups in total. The van der Waals surface area contributed by atoms with Crippen LogP contribution < -0.4 is 9.64 Å². The van der Waals surface area contributed by atoms with Gasteiger partial charge in [-0.3, -0.25) is 4.79 Å².